The number of aliphatic carboxylic acids is 1. The van der Waals surface area contributed by atoms with E-state index < -0.39 is 17.9 Å². The number of hydrogen-bond donors (Lipinski definition) is 2. The van der Waals surface area contributed by atoms with Crippen molar-refractivity contribution >= 4 is 11.9 Å². The highest BCUT2D eigenvalue weighted by Gasteiger charge is 2.23. The van der Waals surface area contributed by atoms with Crippen LogP contribution in [0, 0.1) is 0 Å². The van der Waals surface area contributed by atoms with Crippen LogP contribution in [0.5, 0.6) is 0 Å². The van der Waals surface area contributed by atoms with Crippen LogP contribution >= 0.6 is 0 Å². The zero-order valence-corrected chi connectivity index (χ0v) is 14.4. The maximum absolute atomic E-state index is 12.3. The summed E-state index contributed by atoms with van der Waals surface area (Å²) in [6.45, 7) is 0.0921. The first kappa shape index (κ1) is 18.3. The third-order valence-corrected chi connectivity index (χ3v) is 3.78. The molecule has 0 aliphatic heterocycles. The summed E-state index contributed by atoms with van der Waals surface area (Å²) in [7, 11) is 0. The van der Waals surface area contributed by atoms with Crippen LogP contribution in [-0.2, 0) is 16.1 Å². The molecule has 7 heteroatoms. The second kappa shape index (κ2) is 8.77. The first-order chi connectivity index (χ1) is 13.1. The predicted octanol–water partition coefficient (Wildman–Crippen LogP) is 2.74. The summed E-state index contributed by atoms with van der Waals surface area (Å²) in [5.74, 6) is -1.81. The molecular weight excluding hydrogens is 348 g/mol. The Morgan fingerprint density at radius 2 is 1.93 bits per heavy atom. The van der Waals surface area contributed by atoms with Crippen molar-refractivity contribution in [3.8, 4) is 11.3 Å². The molecule has 0 aliphatic carbocycles. The van der Waals surface area contributed by atoms with E-state index in [1.807, 2.05) is 36.4 Å². The normalized spacial score (nSPS) is 11.7. The van der Waals surface area contributed by atoms with Gasteiger partial charge in [-0.05, 0) is 23.8 Å². The molecule has 0 bridgehead atoms. The van der Waals surface area contributed by atoms with Crippen molar-refractivity contribution in [3.63, 3.8) is 0 Å². The van der Waals surface area contributed by atoms with E-state index in [0.29, 0.717) is 11.3 Å². The number of benzene rings is 1. The molecular formula is C20H18N2O5. The van der Waals surface area contributed by atoms with E-state index in [9.17, 15) is 14.7 Å². The van der Waals surface area contributed by atoms with Crippen molar-refractivity contribution < 1.29 is 23.8 Å². The lowest BCUT2D eigenvalue weighted by Crippen LogP contribution is -2.43. The van der Waals surface area contributed by atoms with E-state index in [1.54, 1.807) is 18.3 Å². The van der Waals surface area contributed by atoms with Gasteiger partial charge in [0.2, 0.25) is 0 Å². The van der Waals surface area contributed by atoms with E-state index >= 15 is 0 Å². The third-order valence-electron chi connectivity index (χ3n) is 3.78. The number of nitrogens with zero attached hydrogens (tertiary/aromatic N) is 1. The fraction of sp³-hybridized carbons (Fsp3) is 0.150. The Hall–Kier alpha value is -3.45. The minimum Gasteiger partial charge on any atom is -0.480 e. The first-order valence-electron chi connectivity index (χ1n) is 8.29. The largest absolute Gasteiger partial charge is 0.480 e. The quantitative estimate of drug-likeness (QED) is 0.636. The number of carbonyl (C=O) groups excluding carboxylic acids is 1. The molecule has 2 aromatic heterocycles. The van der Waals surface area contributed by atoms with E-state index in [-0.39, 0.29) is 19.0 Å². The number of rotatable bonds is 8. The molecule has 1 aromatic carbocycles. The number of pyridine rings is 1. The molecule has 0 fully saturated rings. The summed E-state index contributed by atoms with van der Waals surface area (Å²) in [6, 6.07) is 15.1. The van der Waals surface area contributed by atoms with Crippen LogP contribution in [0.25, 0.3) is 11.3 Å². The van der Waals surface area contributed by atoms with Gasteiger partial charge in [-0.1, -0.05) is 36.4 Å². The summed E-state index contributed by atoms with van der Waals surface area (Å²) in [5, 5.41) is 11.7. The second-order valence-corrected chi connectivity index (χ2v) is 5.78. The Morgan fingerprint density at radius 1 is 1.15 bits per heavy atom. The molecule has 0 saturated carbocycles. The number of amides is 1. The average molecular weight is 366 g/mol. The molecule has 0 radical (unpaired) electrons. The zero-order valence-electron chi connectivity index (χ0n) is 14.4. The Kier molecular flexibility index (Phi) is 5.96. The number of nitrogens with one attached hydrogen (secondary N) is 1. The van der Waals surface area contributed by atoms with E-state index in [2.05, 4.69) is 10.3 Å². The first-order valence-corrected chi connectivity index (χ1v) is 8.29. The highest BCUT2D eigenvalue weighted by Crippen LogP contribution is 2.19. The molecule has 0 aliphatic rings. The molecule has 1 atom stereocenters. The van der Waals surface area contributed by atoms with Gasteiger partial charge in [0.15, 0.2) is 11.8 Å². The number of furan rings is 1. The predicted molar refractivity (Wildman–Crippen MR) is 96.9 cm³/mol. The lowest BCUT2D eigenvalue weighted by atomic mass is 10.2. The number of carboxylic acid groups (broad SMARTS) is 1. The maximum Gasteiger partial charge on any atom is 0.328 e. The Morgan fingerprint density at radius 3 is 2.63 bits per heavy atom. The Balaban J connectivity index is 1.58. The van der Waals surface area contributed by atoms with Crippen molar-refractivity contribution in [2.45, 2.75) is 12.6 Å². The molecule has 0 unspecified atom stereocenters. The van der Waals surface area contributed by atoms with Crippen LogP contribution < -0.4 is 5.32 Å². The summed E-state index contributed by atoms with van der Waals surface area (Å²) < 4.78 is 10.7. The monoisotopic (exact) mass is 366 g/mol. The second-order valence-electron chi connectivity index (χ2n) is 5.78. The van der Waals surface area contributed by atoms with Crippen molar-refractivity contribution in [2.75, 3.05) is 6.61 Å². The van der Waals surface area contributed by atoms with Crippen LogP contribution in [0.1, 0.15) is 16.1 Å². The third kappa shape index (κ3) is 5.02. The molecule has 7 nitrogen and oxygen atoms in total. The number of carbonyl (C=O) groups is 2. The highest BCUT2D eigenvalue weighted by molar-refractivity contribution is 5.95. The Labute approximate surface area is 155 Å². The van der Waals surface area contributed by atoms with Gasteiger partial charge in [0.1, 0.15) is 6.26 Å². The minimum absolute atomic E-state index is 0.00459. The van der Waals surface area contributed by atoms with Crippen LogP contribution in [0.2, 0.25) is 0 Å². The molecule has 27 heavy (non-hydrogen) atoms. The van der Waals surface area contributed by atoms with E-state index in [1.165, 1.54) is 12.3 Å². The van der Waals surface area contributed by atoms with Crippen LogP contribution in [-0.4, -0.2) is 34.6 Å². The van der Waals surface area contributed by atoms with Gasteiger partial charge >= 0.3 is 5.97 Å². The molecule has 2 N–H and O–H groups in total. The number of aromatic nitrogens is 1. The fourth-order valence-electron chi connectivity index (χ4n) is 2.40. The summed E-state index contributed by atoms with van der Waals surface area (Å²) >= 11 is 0. The van der Waals surface area contributed by atoms with Crippen molar-refractivity contribution in [2.24, 2.45) is 0 Å². The van der Waals surface area contributed by atoms with Crippen LogP contribution in [0.3, 0.4) is 0 Å². The lowest BCUT2D eigenvalue weighted by molar-refractivity contribution is -0.141. The van der Waals surface area contributed by atoms with Crippen molar-refractivity contribution in [3.05, 3.63) is 78.4 Å². The van der Waals surface area contributed by atoms with Gasteiger partial charge in [0.25, 0.3) is 5.91 Å². The van der Waals surface area contributed by atoms with Crippen LogP contribution in [0.15, 0.2) is 71.5 Å². The van der Waals surface area contributed by atoms with Gasteiger partial charge in [0, 0.05) is 11.8 Å². The van der Waals surface area contributed by atoms with Crippen molar-refractivity contribution in [1.82, 2.24) is 10.3 Å². The van der Waals surface area contributed by atoms with Gasteiger partial charge in [-0.2, -0.15) is 0 Å². The molecule has 2 heterocycles. The number of carboxylic acids is 1. The molecule has 0 saturated heterocycles. The minimum atomic E-state index is -1.19. The standard InChI is InChI=1S/C20H18N2O5/c23-19(18-10-15(12-27-18)16-8-4-5-9-21-16)22-17(20(24)25)13-26-11-14-6-2-1-3-7-14/h1-10,12,17H,11,13H2,(H,22,23)(H,24,25)/t17-/m0/s1. The SMILES string of the molecule is O=C(N[C@@H](COCc1ccccc1)C(=O)O)c1cc(-c2ccccn2)co1. The smallest absolute Gasteiger partial charge is 0.328 e. The highest BCUT2D eigenvalue weighted by atomic mass is 16.5. The maximum atomic E-state index is 12.3. The topological polar surface area (TPSA) is 102 Å². The van der Waals surface area contributed by atoms with Gasteiger partial charge in [-0.15, -0.1) is 0 Å². The van der Waals surface area contributed by atoms with Gasteiger partial charge in [-0.3, -0.25) is 9.78 Å². The lowest BCUT2D eigenvalue weighted by Gasteiger charge is -2.14. The van der Waals surface area contributed by atoms with Crippen molar-refractivity contribution in [1.29, 1.82) is 0 Å². The van der Waals surface area contributed by atoms with Gasteiger partial charge in [-0.25, -0.2) is 4.79 Å². The van der Waals surface area contributed by atoms with Gasteiger partial charge in [0.05, 0.1) is 18.9 Å². The molecule has 1 amide bonds. The molecule has 0 spiro atoms. The fourth-order valence-corrected chi connectivity index (χ4v) is 2.40. The molecule has 138 valence electrons. The molecule has 3 aromatic rings. The summed E-state index contributed by atoms with van der Waals surface area (Å²) in [6.07, 6.45) is 3.03. The van der Waals surface area contributed by atoms with E-state index in [4.69, 9.17) is 9.15 Å². The van der Waals surface area contributed by atoms with Gasteiger partial charge < -0.3 is 19.6 Å². The Bertz CT molecular complexity index is 893. The molecule has 3 rings (SSSR count). The average Bonchev–Trinajstić information content (AvgIpc) is 3.19. The van der Waals surface area contributed by atoms with Crippen LogP contribution in [0.4, 0.5) is 0 Å². The van der Waals surface area contributed by atoms with E-state index in [0.717, 1.165) is 5.56 Å². The zero-order chi connectivity index (χ0) is 19.1. The number of hydrogen-bond acceptors (Lipinski definition) is 5. The summed E-state index contributed by atoms with van der Waals surface area (Å²) in [4.78, 5) is 27.9. The summed E-state index contributed by atoms with van der Waals surface area (Å²) in [5.41, 5.74) is 2.20. The number of ether oxygens (including phenoxy) is 1.